The van der Waals surface area contributed by atoms with Gasteiger partial charge < -0.3 is 14.4 Å². The Balaban J connectivity index is 1.99. The van der Waals surface area contributed by atoms with Crippen molar-refractivity contribution in [2.75, 3.05) is 32.9 Å². The Hall–Kier alpha value is -1.39. The Labute approximate surface area is 120 Å². The summed E-state index contributed by atoms with van der Waals surface area (Å²) in [5.74, 6) is 0.143. The normalized spacial score (nSPS) is 22.8. The molecule has 0 bridgehead atoms. The number of morpholine rings is 1. The van der Waals surface area contributed by atoms with Gasteiger partial charge in [0.15, 0.2) is 0 Å². The van der Waals surface area contributed by atoms with Crippen molar-refractivity contribution < 1.29 is 14.3 Å². The molecule has 0 aliphatic carbocycles. The summed E-state index contributed by atoms with van der Waals surface area (Å²) in [6.45, 7) is 6.96. The number of ether oxygens (including phenoxy) is 2. The third kappa shape index (κ3) is 3.58. The molecule has 20 heavy (non-hydrogen) atoms. The van der Waals surface area contributed by atoms with E-state index in [4.69, 9.17) is 9.47 Å². The molecule has 1 aromatic rings. The number of benzene rings is 1. The molecule has 4 heteroatoms. The lowest BCUT2D eigenvalue weighted by molar-refractivity contribution is -0.150. The lowest BCUT2D eigenvalue weighted by Gasteiger charge is -2.41. The van der Waals surface area contributed by atoms with Crippen molar-refractivity contribution in [3.05, 3.63) is 35.9 Å². The third-order valence-electron chi connectivity index (χ3n) is 3.68. The number of hydrogen-bond acceptors (Lipinski definition) is 3. The van der Waals surface area contributed by atoms with Gasteiger partial charge in [-0.15, -0.1) is 0 Å². The zero-order valence-electron chi connectivity index (χ0n) is 12.3. The van der Waals surface area contributed by atoms with E-state index >= 15 is 0 Å². The van der Waals surface area contributed by atoms with E-state index in [0.29, 0.717) is 39.3 Å². The zero-order valence-corrected chi connectivity index (χ0v) is 12.3. The monoisotopic (exact) mass is 277 g/mol. The highest BCUT2D eigenvalue weighted by molar-refractivity contribution is 5.76. The number of carbonyl (C=O) groups is 1. The number of amides is 1. The molecule has 1 fully saturated rings. The number of carbonyl (C=O) groups excluding carboxylic acids is 1. The molecule has 2 rings (SSSR count). The van der Waals surface area contributed by atoms with E-state index in [0.717, 1.165) is 5.56 Å². The maximum absolute atomic E-state index is 12.2. The van der Waals surface area contributed by atoms with Crippen molar-refractivity contribution in [1.29, 1.82) is 0 Å². The van der Waals surface area contributed by atoms with Crippen LogP contribution in [0.5, 0.6) is 0 Å². The topological polar surface area (TPSA) is 38.8 Å². The first-order valence-electron chi connectivity index (χ1n) is 7.21. The molecule has 4 nitrogen and oxygen atoms in total. The first-order chi connectivity index (χ1) is 9.65. The van der Waals surface area contributed by atoms with Crippen molar-refractivity contribution in [3.63, 3.8) is 0 Å². The molecule has 1 aromatic carbocycles. The molecule has 0 radical (unpaired) electrons. The molecule has 110 valence electrons. The van der Waals surface area contributed by atoms with Crippen LogP contribution in [-0.4, -0.2) is 43.7 Å². The molecule has 1 saturated heterocycles. The predicted octanol–water partition coefficient (Wildman–Crippen LogP) is 2.19. The van der Waals surface area contributed by atoms with Crippen molar-refractivity contribution in [2.24, 2.45) is 0 Å². The van der Waals surface area contributed by atoms with Gasteiger partial charge in [-0.25, -0.2) is 0 Å². The summed E-state index contributed by atoms with van der Waals surface area (Å²) in [6.07, 6.45) is 0.443. The minimum Gasteiger partial charge on any atom is -0.381 e. The van der Waals surface area contributed by atoms with E-state index in [-0.39, 0.29) is 5.91 Å². The second kappa shape index (κ2) is 6.86. The maximum Gasteiger partial charge on any atom is 0.225 e. The van der Waals surface area contributed by atoms with Crippen molar-refractivity contribution in [3.8, 4) is 0 Å². The first-order valence-corrected chi connectivity index (χ1v) is 7.21. The van der Waals surface area contributed by atoms with Crippen molar-refractivity contribution in [1.82, 2.24) is 4.90 Å². The second-order valence-electron chi connectivity index (χ2n) is 5.21. The van der Waals surface area contributed by atoms with Crippen LogP contribution < -0.4 is 0 Å². The summed E-state index contributed by atoms with van der Waals surface area (Å²) in [5, 5.41) is 0. The fourth-order valence-corrected chi connectivity index (χ4v) is 2.51. The SMILES string of the molecule is CCOCCC(=O)N1CCOC(C)(c2ccccc2)C1. The van der Waals surface area contributed by atoms with Crippen LogP contribution in [0, 0.1) is 0 Å². The van der Waals surface area contributed by atoms with Crippen molar-refractivity contribution >= 4 is 5.91 Å². The average Bonchev–Trinajstić information content (AvgIpc) is 2.48. The quantitative estimate of drug-likeness (QED) is 0.774. The smallest absolute Gasteiger partial charge is 0.225 e. The third-order valence-corrected chi connectivity index (χ3v) is 3.68. The molecule has 0 spiro atoms. The highest BCUT2D eigenvalue weighted by Crippen LogP contribution is 2.29. The van der Waals surface area contributed by atoms with Gasteiger partial charge >= 0.3 is 0 Å². The Morgan fingerprint density at radius 2 is 2.15 bits per heavy atom. The van der Waals surface area contributed by atoms with Crippen molar-refractivity contribution in [2.45, 2.75) is 25.9 Å². The molecule has 0 saturated carbocycles. The van der Waals surface area contributed by atoms with E-state index < -0.39 is 5.60 Å². The van der Waals surface area contributed by atoms with Gasteiger partial charge in [0.2, 0.25) is 5.91 Å². The molecule has 1 atom stereocenters. The van der Waals surface area contributed by atoms with Gasteiger partial charge in [-0.1, -0.05) is 30.3 Å². The zero-order chi connectivity index (χ0) is 14.4. The van der Waals surface area contributed by atoms with Gasteiger partial charge in [0.05, 0.1) is 26.2 Å². The Morgan fingerprint density at radius 3 is 2.85 bits per heavy atom. The van der Waals surface area contributed by atoms with E-state index in [1.807, 2.05) is 49.1 Å². The van der Waals surface area contributed by atoms with E-state index in [2.05, 4.69) is 0 Å². The molecule has 0 aromatic heterocycles. The molecule has 0 N–H and O–H groups in total. The predicted molar refractivity (Wildman–Crippen MR) is 77.4 cm³/mol. The Morgan fingerprint density at radius 1 is 1.40 bits per heavy atom. The molecular weight excluding hydrogens is 254 g/mol. The summed E-state index contributed by atoms with van der Waals surface area (Å²) in [4.78, 5) is 14.1. The Kier molecular flexibility index (Phi) is 5.15. The lowest BCUT2D eigenvalue weighted by atomic mass is 9.94. The summed E-state index contributed by atoms with van der Waals surface area (Å²) in [7, 11) is 0. The lowest BCUT2D eigenvalue weighted by Crippen LogP contribution is -2.50. The van der Waals surface area contributed by atoms with Crippen LogP contribution >= 0.6 is 0 Å². The molecule has 1 heterocycles. The number of rotatable bonds is 5. The van der Waals surface area contributed by atoms with Crippen LogP contribution in [0.25, 0.3) is 0 Å². The van der Waals surface area contributed by atoms with Gasteiger partial charge in [0.1, 0.15) is 5.60 Å². The average molecular weight is 277 g/mol. The molecule has 1 amide bonds. The summed E-state index contributed by atoms with van der Waals surface area (Å²) >= 11 is 0. The van der Waals surface area contributed by atoms with Crippen LogP contribution in [-0.2, 0) is 19.9 Å². The van der Waals surface area contributed by atoms with Gasteiger partial charge in [-0.3, -0.25) is 4.79 Å². The van der Waals surface area contributed by atoms with Gasteiger partial charge in [-0.2, -0.15) is 0 Å². The summed E-state index contributed by atoms with van der Waals surface area (Å²) in [6, 6.07) is 10.1. The standard InChI is InChI=1S/C16H23NO3/c1-3-19-11-9-15(18)17-10-12-20-16(2,13-17)14-7-5-4-6-8-14/h4-8H,3,9-13H2,1-2H3. The number of hydrogen-bond donors (Lipinski definition) is 0. The van der Waals surface area contributed by atoms with Crippen LogP contribution in [0.2, 0.25) is 0 Å². The van der Waals surface area contributed by atoms with Crippen LogP contribution in [0.1, 0.15) is 25.8 Å². The van der Waals surface area contributed by atoms with E-state index in [1.54, 1.807) is 0 Å². The highest BCUT2D eigenvalue weighted by atomic mass is 16.5. The molecule has 1 aliphatic heterocycles. The van der Waals surface area contributed by atoms with Crippen LogP contribution in [0.4, 0.5) is 0 Å². The van der Waals surface area contributed by atoms with Gasteiger partial charge in [-0.05, 0) is 19.4 Å². The number of nitrogens with zero attached hydrogens (tertiary/aromatic N) is 1. The van der Waals surface area contributed by atoms with E-state index in [9.17, 15) is 4.79 Å². The summed E-state index contributed by atoms with van der Waals surface area (Å²) < 4.78 is 11.2. The van der Waals surface area contributed by atoms with Gasteiger partial charge in [0, 0.05) is 13.2 Å². The fraction of sp³-hybridized carbons (Fsp3) is 0.562. The summed E-state index contributed by atoms with van der Waals surface area (Å²) in [5.41, 5.74) is 0.697. The maximum atomic E-state index is 12.2. The van der Waals surface area contributed by atoms with Gasteiger partial charge in [0.25, 0.3) is 0 Å². The molecular formula is C16H23NO3. The highest BCUT2D eigenvalue weighted by Gasteiger charge is 2.35. The minimum atomic E-state index is -0.416. The first kappa shape index (κ1) is 15.0. The molecule has 1 aliphatic rings. The van der Waals surface area contributed by atoms with Crippen LogP contribution in [0.3, 0.4) is 0 Å². The minimum absolute atomic E-state index is 0.143. The Bertz CT molecular complexity index is 435. The van der Waals surface area contributed by atoms with Crippen LogP contribution in [0.15, 0.2) is 30.3 Å². The second-order valence-corrected chi connectivity index (χ2v) is 5.21. The largest absolute Gasteiger partial charge is 0.381 e. The fourth-order valence-electron chi connectivity index (χ4n) is 2.51. The molecule has 1 unspecified atom stereocenters. The van der Waals surface area contributed by atoms with E-state index in [1.165, 1.54) is 0 Å².